The van der Waals surface area contributed by atoms with Gasteiger partial charge in [0.05, 0.1) is 5.56 Å². The molecule has 0 saturated carbocycles. The predicted molar refractivity (Wildman–Crippen MR) is 156 cm³/mol. The fraction of sp³-hybridized carbons (Fsp3) is 0.107. The van der Waals surface area contributed by atoms with Gasteiger partial charge in [-0.15, -0.1) is 10.2 Å². The average molecular weight is 558 g/mol. The van der Waals surface area contributed by atoms with Crippen LogP contribution in [0.4, 0.5) is 5.69 Å². The SMILES string of the molecule is O=C(Cn1nnc(-c2ccccc2Oc2ccc3ccccc3c2)n1)NCCNC(=S)Nc1cccc(Cl)c1. The molecule has 4 aromatic carbocycles. The van der Waals surface area contributed by atoms with Crippen LogP contribution in [-0.4, -0.2) is 44.3 Å². The minimum Gasteiger partial charge on any atom is -0.457 e. The molecular weight excluding hydrogens is 534 g/mol. The highest BCUT2D eigenvalue weighted by Crippen LogP contribution is 2.32. The second-order valence-corrected chi connectivity index (χ2v) is 9.34. The number of fused-ring (bicyclic) bond motifs is 1. The molecule has 1 heterocycles. The van der Waals surface area contributed by atoms with Gasteiger partial charge in [-0.05, 0) is 70.7 Å². The smallest absolute Gasteiger partial charge is 0.243 e. The first kappa shape index (κ1) is 26.1. The highest BCUT2D eigenvalue weighted by atomic mass is 35.5. The summed E-state index contributed by atoms with van der Waals surface area (Å²) in [5.41, 5.74) is 1.45. The lowest BCUT2D eigenvalue weighted by molar-refractivity contribution is -0.122. The number of para-hydroxylation sites is 1. The van der Waals surface area contributed by atoms with Crippen molar-refractivity contribution in [1.82, 2.24) is 30.8 Å². The van der Waals surface area contributed by atoms with Crippen molar-refractivity contribution in [1.29, 1.82) is 0 Å². The van der Waals surface area contributed by atoms with Gasteiger partial charge in [-0.2, -0.15) is 4.80 Å². The molecule has 196 valence electrons. The van der Waals surface area contributed by atoms with Crippen LogP contribution in [0.5, 0.6) is 11.5 Å². The highest BCUT2D eigenvalue weighted by Gasteiger charge is 2.14. The van der Waals surface area contributed by atoms with E-state index in [-0.39, 0.29) is 12.5 Å². The number of ether oxygens (including phenoxy) is 1. The first-order valence-corrected chi connectivity index (χ1v) is 12.9. The van der Waals surface area contributed by atoms with Gasteiger partial charge in [0, 0.05) is 23.8 Å². The summed E-state index contributed by atoms with van der Waals surface area (Å²) in [6.07, 6.45) is 0. The zero-order valence-corrected chi connectivity index (χ0v) is 22.2. The lowest BCUT2D eigenvalue weighted by Crippen LogP contribution is -2.38. The summed E-state index contributed by atoms with van der Waals surface area (Å²) in [6.45, 7) is 0.722. The first-order valence-electron chi connectivity index (χ1n) is 12.1. The normalized spacial score (nSPS) is 10.7. The third-order valence-electron chi connectivity index (χ3n) is 5.63. The van der Waals surface area contributed by atoms with E-state index in [2.05, 4.69) is 37.4 Å². The van der Waals surface area contributed by atoms with Gasteiger partial charge in [-0.3, -0.25) is 4.79 Å². The molecule has 11 heteroatoms. The van der Waals surface area contributed by atoms with Gasteiger partial charge in [0.2, 0.25) is 11.7 Å². The molecule has 0 aliphatic rings. The fourth-order valence-corrected chi connectivity index (χ4v) is 4.23. The van der Waals surface area contributed by atoms with Crippen LogP contribution in [0.1, 0.15) is 0 Å². The molecule has 5 aromatic rings. The lowest BCUT2D eigenvalue weighted by atomic mass is 10.1. The van der Waals surface area contributed by atoms with Crippen LogP contribution >= 0.6 is 23.8 Å². The van der Waals surface area contributed by atoms with E-state index in [0.717, 1.165) is 16.5 Å². The van der Waals surface area contributed by atoms with E-state index in [4.69, 9.17) is 28.6 Å². The summed E-state index contributed by atoms with van der Waals surface area (Å²) in [5, 5.41) is 24.7. The number of thiocarbonyl (C=S) groups is 1. The number of benzene rings is 4. The van der Waals surface area contributed by atoms with Crippen LogP contribution in [0.25, 0.3) is 22.2 Å². The molecule has 1 aromatic heterocycles. The Morgan fingerprint density at radius 2 is 1.69 bits per heavy atom. The molecule has 0 aliphatic heterocycles. The van der Waals surface area contributed by atoms with E-state index in [9.17, 15) is 4.79 Å². The summed E-state index contributed by atoms with van der Waals surface area (Å²) in [7, 11) is 0. The van der Waals surface area contributed by atoms with Crippen molar-refractivity contribution in [2.75, 3.05) is 18.4 Å². The van der Waals surface area contributed by atoms with E-state index >= 15 is 0 Å². The number of aromatic nitrogens is 4. The quantitative estimate of drug-likeness (QED) is 0.171. The van der Waals surface area contributed by atoms with Crippen molar-refractivity contribution in [3.8, 4) is 22.9 Å². The average Bonchev–Trinajstić information content (AvgIpc) is 3.39. The summed E-state index contributed by atoms with van der Waals surface area (Å²) >= 11 is 11.2. The zero-order chi connectivity index (χ0) is 27.0. The van der Waals surface area contributed by atoms with E-state index in [0.29, 0.717) is 46.1 Å². The number of rotatable bonds is 9. The second kappa shape index (κ2) is 12.3. The van der Waals surface area contributed by atoms with Crippen molar-refractivity contribution >= 4 is 51.3 Å². The monoisotopic (exact) mass is 557 g/mol. The van der Waals surface area contributed by atoms with Crippen LogP contribution in [-0.2, 0) is 11.3 Å². The van der Waals surface area contributed by atoms with Crippen LogP contribution < -0.4 is 20.7 Å². The van der Waals surface area contributed by atoms with Crippen molar-refractivity contribution in [3.63, 3.8) is 0 Å². The highest BCUT2D eigenvalue weighted by molar-refractivity contribution is 7.80. The number of halogens is 1. The summed E-state index contributed by atoms with van der Waals surface area (Å²) in [4.78, 5) is 13.6. The summed E-state index contributed by atoms with van der Waals surface area (Å²) < 4.78 is 6.16. The molecule has 0 saturated heterocycles. The Labute approximate surface area is 235 Å². The number of amides is 1. The topological polar surface area (TPSA) is 106 Å². The van der Waals surface area contributed by atoms with Crippen molar-refractivity contribution in [2.24, 2.45) is 0 Å². The number of hydrogen-bond donors (Lipinski definition) is 3. The molecule has 0 fully saturated rings. The fourth-order valence-electron chi connectivity index (χ4n) is 3.82. The van der Waals surface area contributed by atoms with Gasteiger partial charge in [-0.25, -0.2) is 0 Å². The van der Waals surface area contributed by atoms with Gasteiger partial charge in [0.25, 0.3) is 0 Å². The molecule has 1 amide bonds. The molecule has 9 nitrogen and oxygen atoms in total. The summed E-state index contributed by atoms with van der Waals surface area (Å²) in [6, 6.07) is 28.7. The predicted octanol–water partition coefficient (Wildman–Crippen LogP) is 5.04. The number of tetrazole rings is 1. The van der Waals surface area contributed by atoms with Crippen LogP contribution in [0.2, 0.25) is 5.02 Å². The molecule has 0 bridgehead atoms. The Bertz CT molecular complexity index is 1620. The number of anilines is 1. The van der Waals surface area contributed by atoms with Crippen LogP contribution in [0, 0.1) is 0 Å². The standard InChI is InChI=1S/C28H24ClN7O2S/c29-21-8-5-9-22(17-21)32-28(39)31-15-14-30-26(37)18-36-34-27(33-35-36)24-10-3-4-11-25(24)38-23-13-12-19-6-1-2-7-20(19)16-23/h1-13,16-17H,14-15,18H2,(H,30,37)(H2,31,32,39). The van der Waals surface area contributed by atoms with Gasteiger partial charge in [0.15, 0.2) is 5.11 Å². The molecule has 39 heavy (non-hydrogen) atoms. The lowest BCUT2D eigenvalue weighted by Gasteiger charge is -2.11. The third kappa shape index (κ3) is 7.07. The molecule has 5 rings (SSSR count). The molecular formula is C28H24ClN7O2S. The maximum absolute atomic E-state index is 12.4. The van der Waals surface area contributed by atoms with Gasteiger partial charge < -0.3 is 20.7 Å². The number of nitrogens with one attached hydrogen (secondary N) is 3. The number of hydrogen-bond acceptors (Lipinski definition) is 6. The van der Waals surface area contributed by atoms with Crippen LogP contribution in [0.3, 0.4) is 0 Å². The molecule has 0 spiro atoms. The molecule has 0 radical (unpaired) electrons. The Kier molecular flexibility index (Phi) is 8.25. The minimum atomic E-state index is -0.254. The number of carbonyl (C=O) groups excluding carboxylic acids is 1. The van der Waals surface area contributed by atoms with Gasteiger partial charge in [0.1, 0.15) is 18.0 Å². The molecule has 0 unspecified atom stereocenters. The van der Waals surface area contributed by atoms with E-state index in [1.165, 1.54) is 4.80 Å². The Morgan fingerprint density at radius 3 is 2.56 bits per heavy atom. The number of nitrogens with zero attached hydrogens (tertiary/aromatic N) is 4. The Balaban J connectivity index is 1.13. The van der Waals surface area contributed by atoms with Crippen molar-refractivity contribution < 1.29 is 9.53 Å². The molecule has 0 atom stereocenters. The zero-order valence-electron chi connectivity index (χ0n) is 20.7. The van der Waals surface area contributed by atoms with E-state index < -0.39 is 0 Å². The number of carbonyl (C=O) groups is 1. The van der Waals surface area contributed by atoms with Crippen molar-refractivity contribution in [3.05, 3.63) is 96.0 Å². The van der Waals surface area contributed by atoms with E-state index in [1.54, 1.807) is 12.1 Å². The summed E-state index contributed by atoms with van der Waals surface area (Å²) in [5.74, 6) is 1.39. The van der Waals surface area contributed by atoms with Gasteiger partial charge in [-0.1, -0.05) is 60.1 Å². The van der Waals surface area contributed by atoms with Gasteiger partial charge >= 0.3 is 0 Å². The molecule has 0 aliphatic carbocycles. The van der Waals surface area contributed by atoms with Crippen LogP contribution in [0.15, 0.2) is 91.0 Å². The maximum Gasteiger partial charge on any atom is 0.243 e. The minimum absolute atomic E-state index is 0.0775. The largest absolute Gasteiger partial charge is 0.457 e. The van der Waals surface area contributed by atoms with Crippen molar-refractivity contribution in [2.45, 2.75) is 6.54 Å². The third-order valence-corrected chi connectivity index (χ3v) is 6.11. The second-order valence-electron chi connectivity index (χ2n) is 8.49. The Morgan fingerprint density at radius 1 is 0.897 bits per heavy atom. The van der Waals surface area contributed by atoms with E-state index in [1.807, 2.05) is 72.8 Å². The molecule has 3 N–H and O–H groups in total. The maximum atomic E-state index is 12.4. The first-order chi connectivity index (χ1) is 19.0. The Hall–Kier alpha value is -4.54.